The van der Waals surface area contributed by atoms with Gasteiger partial charge in [0.2, 0.25) is 0 Å². The Bertz CT molecular complexity index is 818. The molecule has 18 heavy (non-hydrogen) atoms. The van der Waals surface area contributed by atoms with Crippen LogP contribution >= 0.6 is 0 Å². The lowest BCUT2D eigenvalue weighted by Crippen LogP contribution is -2.40. The Morgan fingerprint density at radius 1 is 0.833 bits per heavy atom. The van der Waals surface area contributed by atoms with Crippen LogP contribution in [-0.2, 0) is 14.1 Å². The van der Waals surface area contributed by atoms with Crippen LogP contribution in [0.4, 0.5) is 0 Å². The summed E-state index contributed by atoms with van der Waals surface area (Å²) in [5.74, 6) is 0. The third-order valence-electron chi connectivity index (χ3n) is 2.96. The summed E-state index contributed by atoms with van der Waals surface area (Å²) in [4.78, 5) is 32.2. The molecule has 0 amide bonds. The van der Waals surface area contributed by atoms with Gasteiger partial charge in [-0.05, 0) is 12.1 Å². The molecule has 0 atom stereocenters. The van der Waals surface area contributed by atoms with E-state index in [4.69, 9.17) is 0 Å². The van der Waals surface area contributed by atoms with E-state index in [1.165, 1.54) is 23.2 Å². The molecule has 6 heteroatoms. The summed E-state index contributed by atoms with van der Waals surface area (Å²) in [5.41, 5.74) is 0.989. The Morgan fingerprint density at radius 3 is 1.61 bits per heavy atom. The predicted octanol–water partition coefficient (Wildman–Crippen LogP) is 0.180. The Hall–Kier alpha value is -2.50. The smallest absolute Gasteiger partial charge is 0.288 e. The zero-order chi connectivity index (χ0) is 12.9. The summed E-state index contributed by atoms with van der Waals surface area (Å²) in [6, 6.07) is 7.33. The van der Waals surface area contributed by atoms with Crippen molar-refractivity contribution in [1.29, 1.82) is 0 Å². The van der Waals surface area contributed by atoms with E-state index in [0.29, 0.717) is 22.3 Å². The van der Waals surface area contributed by atoms with Crippen molar-refractivity contribution in [2.24, 2.45) is 14.1 Å². The highest BCUT2D eigenvalue weighted by molar-refractivity contribution is 5.82. The van der Waals surface area contributed by atoms with Crippen LogP contribution in [0.15, 0.2) is 33.9 Å². The normalized spacial score (nSPS) is 11.2. The van der Waals surface area contributed by atoms with Crippen molar-refractivity contribution in [2.45, 2.75) is 0 Å². The Balaban J connectivity index is 2.67. The number of rotatable bonds is 0. The molecule has 0 fully saturated rings. The quantitative estimate of drug-likeness (QED) is 0.416. The molecule has 0 aliphatic heterocycles. The third kappa shape index (κ3) is 1.29. The number of hydrogen-bond acceptors (Lipinski definition) is 4. The van der Waals surface area contributed by atoms with Gasteiger partial charge in [-0.2, -0.15) is 0 Å². The molecule has 0 radical (unpaired) electrons. The van der Waals surface area contributed by atoms with Gasteiger partial charge in [0.1, 0.15) is 0 Å². The van der Waals surface area contributed by atoms with Crippen LogP contribution in [0.1, 0.15) is 0 Å². The van der Waals surface area contributed by atoms with Gasteiger partial charge >= 0.3 is 11.1 Å². The average Bonchev–Trinajstić information content (AvgIpc) is 2.41. The van der Waals surface area contributed by atoms with Crippen LogP contribution in [0.5, 0.6) is 0 Å². The SMILES string of the molecule is Cn1c(=O)c(=O)n(C)c2nc3ccccc3nc21. The zero-order valence-electron chi connectivity index (χ0n) is 9.91. The summed E-state index contributed by atoms with van der Waals surface area (Å²) in [6.07, 6.45) is 0. The average molecular weight is 242 g/mol. The molecule has 6 nitrogen and oxygen atoms in total. The molecule has 0 aliphatic rings. The Labute approximate surface area is 101 Å². The second-order valence-corrected chi connectivity index (χ2v) is 4.09. The summed E-state index contributed by atoms with van der Waals surface area (Å²) in [5, 5.41) is 0. The number of hydrogen-bond donors (Lipinski definition) is 0. The minimum Gasteiger partial charge on any atom is -0.288 e. The van der Waals surface area contributed by atoms with Gasteiger partial charge in [0, 0.05) is 14.1 Å². The predicted molar refractivity (Wildman–Crippen MR) is 67.5 cm³/mol. The maximum Gasteiger partial charge on any atom is 0.317 e. The molecular formula is C12H10N4O2. The molecule has 1 aromatic carbocycles. The molecule has 3 rings (SSSR count). The monoisotopic (exact) mass is 242 g/mol. The maximum atomic E-state index is 11.7. The minimum atomic E-state index is -0.602. The lowest BCUT2D eigenvalue weighted by atomic mass is 10.3. The third-order valence-corrected chi connectivity index (χ3v) is 2.96. The van der Waals surface area contributed by atoms with Gasteiger partial charge in [0.05, 0.1) is 11.0 Å². The van der Waals surface area contributed by atoms with Gasteiger partial charge in [0.15, 0.2) is 11.3 Å². The molecule has 0 saturated heterocycles. The van der Waals surface area contributed by atoms with Crippen molar-refractivity contribution < 1.29 is 0 Å². The van der Waals surface area contributed by atoms with E-state index >= 15 is 0 Å². The van der Waals surface area contributed by atoms with Crippen LogP contribution < -0.4 is 11.1 Å². The van der Waals surface area contributed by atoms with E-state index in [2.05, 4.69) is 9.97 Å². The maximum absolute atomic E-state index is 11.7. The van der Waals surface area contributed by atoms with Crippen molar-refractivity contribution in [1.82, 2.24) is 19.1 Å². The van der Waals surface area contributed by atoms with Gasteiger partial charge in [-0.1, -0.05) is 12.1 Å². The van der Waals surface area contributed by atoms with Crippen molar-refractivity contribution in [2.75, 3.05) is 0 Å². The highest BCUT2D eigenvalue weighted by Gasteiger charge is 2.11. The first-order valence-corrected chi connectivity index (χ1v) is 5.42. The zero-order valence-corrected chi connectivity index (χ0v) is 9.91. The fourth-order valence-electron chi connectivity index (χ4n) is 1.91. The fraction of sp³-hybridized carbons (Fsp3) is 0.167. The van der Waals surface area contributed by atoms with E-state index in [0.717, 1.165) is 0 Å². The van der Waals surface area contributed by atoms with Crippen LogP contribution in [0, 0.1) is 0 Å². The number of benzene rings is 1. The van der Waals surface area contributed by atoms with Crippen molar-refractivity contribution >= 4 is 22.3 Å². The van der Waals surface area contributed by atoms with Gasteiger partial charge in [-0.25, -0.2) is 9.97 Å². The van der Waals surface area contributed by atoms with Crippen LogP contribution in [-0.4, -0.2) is 19.1 Å². The highest BCUT2D eigenvalue weighted by Crippen LogP contribution is 2.12. The van der Waals surface area contributed by atoms with E-state index in [9.17, 15) is 9.59 Å². The summed E-state index contributed by atoms with van der Waals surface area (Å²) < 4.78 is 2.47. The number of nitrogens with zero attached hydrogens (tertiary/aromatic N) is 4. The first kappa shape index (κ1) is 10.6. The standard InChI is InChI=1S/C12H10N4O2/c1-15-9-10(16(2)12(18)11(15)17)14-8-6-4-3-5-7(8)13-9/h3-6H,1-2H3. The Kier molecular flexibility index (Phi) is 2.07. The summed E-state index contributed by atoms with van der Waals surface area (Å²) >= 11 is 0. The molecule has 0 bridgehead atoms. The van der Waals surface area contributed by atoms with Crippen molar-refractivity contribution in [3.8, 4) is 0 Å². The first-order chi connectivity index (χ1) is 8.59. The van der Waals surface area contributed by atoms with Crippen LogP contribution in [0.25, 0.3) is 22.3 Å². The number of para-hydroxylation sites is 2. The molecule has 0 aliphatic carbocycles. The fourth-order valence-corrected chi connectivity index (χ4v) is 1.91. The molecule has 0 unspecified atom stereocenters. The molecule has 2 aromatic heterocycles. The molecule has 0 saturated carbocycles. The first-order valence-electron chi connectivity index (χ1n) is 5.42. The van der Waals surface area contributed by atoms with E-state index in [1.807, 2.05) is 24.3 Å². The molecule has 3 aromatic rings. The number of aromatic nitrogens is 4. The number of fused-ring (bicyclic) bond motifs is 2. The van der Waals surface area contributed by atoms with Crippen LogP contribution in [0.3, 0.4) is 0 Å². The highest BCUT2D eigenvalue weighted by atomic mass is 16.2. The van der Waals surface area contributed by atoms with E-state index in [1.54, 1.807) is 0 Å². The molecular weight excluding hydrogens is 232 g/mol. The van der Waals surface area contributed by atoms with E-state index < -0.39 is 11.1 Å². The van der Waals surface area contributed by atoms with Gasteiger partial charge in [-0.15, -0.1) is 0 Å². The lowest BCUT2D eigenvalue weighted by molar-refractivity contribution is 0.781. The molecule has 2 heterocycles. The summed E-state index contributed by atoms with van der Waals surface area (Å²) in [6.45, 7) is 0. The largest absolute Gasteiger partial charge is 0.317 e. The topological polar surface area (TPSA) is 69.8 Å². The molecule has 0 N–H and O–H groups in total. The Morgan fingerprint density at radius 2 is 1.22 bits per heavy atom. The minimum absolute atomic E-state index is 0.404. The second kappa shape index (κ2) is 3.49. The molecule has 90 valence electrons. The summed E-state index contributed by atoms with van der Waals surface area (Å²) in [7, 11) is 3.05. The van der Waals surface area contributed by atoms with Gasteiger partial charge < -0.3 is 0 Å². The lowest BCUT2D eigenvalue weighted by Gasteiger charge is -2.07. The van der Waals surface area contributed by atoms with Crippen molar-refractivity contribution in [3.63, 3.8) is 0 Å². The molecule has 0 spiro atoms. The van der Waals surface area contributed by atoms with Crippen molar-refractivity contribution in [3.05, 3.63) is 45.0 Å². The van der Waals surface area contributed by atoms with Crippen LogP contribution in [0.2, 0.25) is 0 Å². The van der Waals surface area contributed by atoms with E-state index in [-0.39, 0.29) is 0 Å². The van der Waals surface area contributed by atoms with Gasteiger partial charge in [0.25, 0.3) is 0 Å². The van der Waals surface area contributed by atoms with Gasteiger partial charge in [-0.3, -0.25) is 18.7 Å². The number of aryl methyl sites for hydroxylation is 2. The second-order valence-electron chi connectivity index (χ2n) is 4.09.